The quantitative estimate of drug-likeness (QED) is 0.715. The van der Waals surface area contributed by atoms with E-state index in [0.29, 0.717) is 11.0 Å². The van der Waals surface area contributed by atoms with Crippen LogP contribution in [0.2, 0.25) is 0 Å². The summed E-state index contributed by atoms with van der Waals surface area (Å²) < 4.78 is 36.5. The molecule has 1 rings (SSSR count). The minimum Gasteiger partial charge on any atom is -0.508 e. The standard InChI is InChI=1S/C8H7F3OS/c1-13-7-3-5(8(9,10)11)2-6(12)4-7/h2-4,12H,1H3. The van der Waals surface area contributed by atoms with Crippen LogP contribution in [-0.2, 0) is 6.18 Å². The van der Waals surface area contributed by atoms with Gasteiger partial charge in [0.1, 0.15) is 5.75 Å². The van der Waals surface area contributed by atoms with Crippen molar-refractivity contribution in [2.24, 2.45) is 0 Å². The Morgan fingerprint density at radius 1 is 1.23 bits per heavy atom. The molecule has 0 aliphatic carbocycles. The monoisotopic (exact) mass is 208 g/mol. The molecule has 72 valence electrons. The van der Waals surface area contributed by atoms with Crippen molar-refractivity contribution in [3.63, 3.8) is 0 Å². The summed E-state index contributed by atoms with van der Waals surface area (Å²) in [6.45, 7) is 0. The van der Waals surface area contributed by atoms with Crippen LogP contribution in [0, 0.1) is 0 Å². The third-order valence-electron chi connectivity index (χ3n) is 1.45. The van der Waals surface area contributed by atoms with Gasteiger partial charge in [-0.25, -0.2) is 0 Å². The topological polar surface area (TPSA) is 20.2 Å². The summed E-state index contributed by atoms with van der Waals surface area (Å²) in [7, 11) is 0. The molecule has 1 N–H and O–H groups in total. The highest BCUT2D eigenvalue weighted by atomic mass is 32.2. The maximum Gasteiger partial charge on any atom is 0.416 e. The Morgan fingerprint density at radius 3 is 2.31 bits per heavy atom. The highest BCUT2D eigenvalue weighted by Crippen LogP contribution is 2.34. The maximum atomic E-state index is 12.2. The SMILES string of the molecule is CSc1cc(O)cc(C(F)(F)F)c1. The van der Waals surface area contributed by atoms with Crippen molar-refractivity contribution in [1.82, 2.24) is 0 Å². The predicted octanol–water partition coefficient (Wildman–Crippen LogP) is 3.13. The molecule has 0 aromatic heterocycles. The minimum absolute atomic E-state index is 0.362. The number of benzene rings is 1. The van der Waals surface area contributed by atoms with E-state index in [1.807, 2.05) is 0 Å². The molecular formula is C8H7F3OS. The zero-order valence-corrected chi connectivity index (χ0v) is 7.54. The van der Waals surface area contributed by atoms with Gasteiger partial charge in [0.05, 0.1) is 5.56 Å². The third-order valence-corrected chi connectivity index (χ3v) is 2.16. The van der Waals surface area contributed by atoms with Gasteiger partial charge in [-0.05, 0) is 24.5 Å². The van der Waals surface area contributed by atoms with Crippen LogP contribution in [0.25, 0.3) is 0 Å². The predicted molar refractivity (Wildman–Crippen MR) is 44.9 cm³/mol. The second-order valence-electron chi connectivity index (χ2n) is 2.42. The van der Waals surface area contributed by atoms with Crippen molar-refractivity contribution in [3.8, 4) is 5.75 Å². The number of phenols is 1. The highest BCUT2D eigenvalue weighted by molar-refractivity contribution is 7.98. The molecule has 0 fully saturated rings. The van der Waals surface area contributed by atoms with Crippen molar-refractivity contribution in [1.29, 1.82) is 0 Å². The third kappa shape index (κ3) is 2.55. The Hall–Kier alpha value is -0.840. The van der Waals surface area contributed by atoms with Gasteiger partial charge >= 0.3 is 6.18 Å². The number of aromatic hydroxyl groups is 1. The van der Waals surface area contributed by atoms with Gasteiger partial charge in [0.2, 0.25) is 0 Å². The van der Waals surface area contributed by atoms with Crippen LogP contribution in [0.1, 0.15) is 5.56 Å². The normalized spacial score (nSPS) is 11.7. The summed E-state index contributed by atoms with van der Waals surface area (Å²) in [5.74, 6) is -0.362. The van der Waals surface area contributed by atoms with E-state index in [-0.39, 0.29) is 5.75 Å². The number of halogens is 3. The first-order chi connectivity index (χ1) is 5.93. The van der Waals surface area contributed by atoms with Crippen LogP contribution in [0.5, 0.6) is 5.75 Å². The van der Waals surface area contributed by atoms with E-state index in [0.717, 1.165) is 17.8 Å². The number of phenolic OH excluding ortho intramolecular Hbond substituents is 1. The van der Waals surface area contributed by atoms with Crippen molar-refractivity contribution in [2.75, 3.05) is 6.26 Å². The maximum absolute atomic E-state index is 12.2. The number of hydrogen-bond acceptors (Lipinski definition) is 2. The molecule has 0 unspecified atom stereocenters. The summed E-state index contributed by atoms with van der Waals surface area (Å²) in [5.41, 5.74) is -0.822. The second kappa shape index (κ2) is 3.49. The van der Waals surface area contributed by atoms with Crippen molar-refractivity contribution < 1.29 is 18.3 Å². The Labute approximate surface area is 77.6 Å². The molecule has 0 saturated heterocycles. The average Bonchev–Trinajstić information content (AvgIpc) is 2.01. The molecule has 1 nitrogen and oxygen atoms in total. The summed E-state index contributed by atoms with van der Waals surface area (Å²) in [4.78, 5) is 0.396. The smallest absolute Gasteiger partial charge is 0.416 e. The van der Waals surface area contributed by atoms with E-state index in [1.54, 1.807) is 6.26 Å². The summed E-state index contributed by atoms with van der Waals surface area (Å²) in [6.07, 6.45) is -2.75. The first kappa shape index (κ1) is 10.2. The molecule has 0 aliphatic heterocycles. The molecule has 1 aromatic carbocycles. The molecule has 5 heteroatoms. The second-order valence-corrected chi connectivity index (χ2v) is 3.30. The number of alkyl halides is 3. The molecule has 0 bridgehead atoms. The zero-order chi connectivity index (χ0) is 10.1. The van der Waals surface area contributed by atoms with Crippen molar-refractivity contribution in [2.45, 2.75) is 11.1 Å². The Bertz CT molecular complexity index is 309. The lowest BCUT2D eigenvalue weighted by atomic mass is 10.2. The van der Waals surface area contributed by atoms with Crippen LogP contribution >= 0.6 is 11.8 Å². The number of hydrogen-bond donors (Lipinski definition) is 1. The average molecular weight is 208 g/mol. The van der Waals surface area contributed by atoms with E-state index in [4.69, 9.17) is 5.11 Å². The molecule has 0 aliphatic rings. The summed E-state index contributed by atoms with van der Waals surface area (Å²) in [6, 6.07) is 3.00. The van der Waals surface area contributed by atoms with Crippen molar-refractivity contribution >= 4 is 11.8 Å². The van der Waals surface area contributed by atoms with E-state index in [9.17, 15) is 13.2 Å². The fourth-order valence-electron chi connectivity index (χ4n) is 0.865. The van der Waals surface area contributed by atoms with Crippen LogP contribution in [0.4, 0.5) is 13.2 Å². The van der Waals surface area contributed by atoms with E-state index in [1.165, 1.54) is 6.07 Å². The van der Waals surface area contributed by atoms with Gasteiger partial charge in [0.15, 0.2) is 0 Å². The van der Waals surface area contributed by atoms with Gasteiger partial charge in [-0.2, -0.15) is 13.2 Å². The largest absolute Gasteiger partial charge is 0.508 e. The summed E-state index contributed by atoms with van der Waals surface area (Å²) >= 11 is 1.15. The fraction of sp³-hybridized carbons (Fsp3) is 0.250. The lowest BCUT2D eigenvalue weighted by molar-refractivity contribution is -0.137. The van der Waals surface area contributed by atoms with E-state index in [2.05, 4.69) is 0 Å². The fourth-order valence-corrected chi connectivity index (χ4v) is 1.35. The first-order valence-electron chi connectivity index (χ1n) is 3.38. The van der Waals surface area contributed by atoms with Gasteiger partial charge in [-0.15, -0.1) is 11.8 Å². The lowest BCUT2D eigenvalue weighted by Gasteiger charge is -2.08. The first-order valence-corrected chi connectivity index (χ1v) is 4.61. The molecule has 13 heavy (non-hydrogen) atoms. The van der Waals surface area contributed by atoms with E-state index < -0.39 is 11.7 Å². The van der Waals surface area contributed by atoms with Crippen LogP contribution < -0.4 is 0 Å². The Balaban J connectivity index is 3.16. The van der Waals surface area contributed by atoms with Crippen molar-refractivity contribution in [3.05, 3.63) is 23.8 Å². The van der Waals surface area contributed by atoms with E-state index >= 15 is 0 Å². The minimum atomic E-state index is -4.40. The Kier molecular flexibility index (Phi) is 2.75. The molecule has 0 radical (unpaired) electrons. The zero-order valence-electron chi connectivity index (χ0n) is 6.72. The molecule has 0 heterocycles. The Morgan fingerprint density at radius 2 is 1.85 bits per heavy atom. The van der Waals surface area contributed by atoms with Gasteiger partial charge in [0, 0.05) is 4.90 Å². The lowest BCUT2D eigenvalue weighted by Crippen LogP contribution is -2.04. The van der Waals surface area contributed by atoms with Crippen LogP contribution in [0.3, 0.4) is 0 Å². The molecule has 0 spiro atoms. The summed E-state index contributed by atoms with van der Waals surface area (Å²) in [5, 5.41) is 8.98. The molecule has 0 amide bonds. The van der Waals surface area contributed by atoms with Crippen LogP contribution in [0.15, 0.2) is 23.1 Å². The molecular weight excluding hydrogens is 201 g/mol. The van der Waals surface area contributed by atoms with Gasteiger partial charge in [-0.3, -0.25) is 0 Å². The molecule has 0 saturated carbocycles. The number of rotatable bonds is 1. The van der Waals surface area contributed by atoms with Crippen LogP contribution in [-0.4, -0.2) is 11.4 Å². The highest BCUT2D eigenvalue weighted by Gasteiger charge is 2.31. The molecule has 0 atom stereocenters. The number of thioether (sulfide) groups is 1. The van der Waals surface area contributed by atoms with Gasteiger partial charge in [0.25, 0.3) is 0 Å². The van der Waals surface area contributed by atoms with Gasteiger partial charge < -0.3 is 5.11 Å². The van der Waals surface area contributed by atoms with Gasteiger partial charge in [-0.1, -0.05) is 0 Å². The molecule has 1 aromatic rings.